The summed E-state index contributed by atoms with van der Waals surface area (Å²) in [5, 5.41) is 3.60. The fourth-order valence-corrected chi connectivity index (χ4v) is 4.41. The number of nitrogens with one attached hydrogen (secondary N) is 1. The molecule has 5 atom stereocenters. The largest absolute Gasteiger partial charge is 0.316 e. The third-order valence-electron chi connectivity index (χ3n) is 5.23. The summed E-state index contributed by atoms with van der Waals surface area (Å²) in [6, 6.07) is 0. The van der Waals surface area contributed by atoms with Crippen LogP contribution in [0.25, 0.3) is 0 Å². The molecule has 0 aromatic carbocycles. The van der Waals surface area contributed by atoms with Gasteiger partial charge < -0.3 is 5.32 Å². The van der Waals surface area contributed by atoms with E-state index in [-0.39, 0.29) is 0 Å². The van der Waals surface area contributed by atoms with Crippen LogP contribution in [0.5, 0.6) is 0 Å². The lowest BCUT2D eigenvalue weighted by atomic mass is 9.72. The minimum Gasteiger partial charge on any atom is -0.316 e. The molecule has 1 N–H and O–H groups in total. The van der Waals surface area contributed by atoms with Crippen molar-refractivity contribution >= 4 is 0 Å². The average Bonchev–Trinajstić information content (AvgIpc) is 2.79. The maximum absolute atomic E-state index is 3.60. The molecule has 0 radical (unpaired) electrons. The van der Waals surface area contributed by atoms with Crippen LogP contribution in [0.1, 0.15) is 39.0 Å². The van der Waals surface area contributed by atoms with E-state index in [1.54, 1.807) is 25.7 Å². The summed E-state index contributed by atoms with van der Waals surface area (Å²) in [4.78, 5) is 0. The summed E-state index contributed by atoms with van der Waals surface area (Å²) < 4.78 is 0. The molecule has 1 heteroatoms. The van der Waals surface area contributed by atoms with Crippen LogP contribution in [-0.2, 0) is 0 Å². The lowest BCUT2D eigenvalue weighted by Crippen LogP contribution is -2.40. The molecule has 2 bridgehead atoms. The highest BCUT2D eigenvalue weighted by Crippen LogP contribution is 2.52. The quantitative estimate of drug-likeness (QED) is 0.675. The van der Waals surface area contributed by atoms with Crippen molar-refractivity contribution in [1.82, 2.24) is 5.32 Å². The van der Waals surface area contributed by atoms with Gasteiger partial charge in [-0.25, -0.2) is 0 Å². The normalized spacial score (nSPS) is 52.5. The zero-order valence-electron chi connectivity index (χ0n) is 9.34. The van der Waals surface area contributed by atoms with Crippen molar-refractivity contribution in [1.29, 1.82) is 0 Å². The zero-order chi connectivity index (χ0) is 9.54. The summed E-state index contributed by atoms with van der Waals surface area (Å²) in [6.45, 7) is 5.06. The van der Waals surface area contributed by atoms with E-state index in [1.165, 1.54) is 19.5 Å². The SMILES string of the molecule is CC1CCNCC1C1CC2CCC1C2. The Bertz CT molecular complexity index is 213. The number of piperidine rings is 1. The number of hydrogen-bond acceptors (Lipinski definition) is 1. The van der Waals surface area contributed by atoms with Crippen molar-refractivity contribution in [3.8, 4) is 0 Å². The van der Waals surface area contributed by atoms with E-state index in [2.05, 4.69) is 12.2 Å². The molecule has 3 rings (SSSR count). The van der Waals surface area contributed by atoms with Crippen LogP contribution in [0.3, 0.4) is 0 Å². The zero-order valence-corrected chi connectivity index (χ0v) is 9.34. The first-order valence-corrected chi connectivity index (χ1v) is 6.55. The van der Waals surface area contributed by atoms with Gasteiger partial charge in [-0.1, -0.05) is 13.3 Å². The van der Waals surface area contributed by atoms with Crippen LogP contribution < -0.4 is 5.32 Å². The minimum atomic E-state index is 0.987. The van der Waals surface area contributed by atoms with E-state index in [0.717, 1.165) is 29.6 Å². The van der Waals surface area contributed by atoms with Crippen LogP contribution in [0.2, 0.25) is 0 Å². The van der Waals surface area contributed by atoms with Crippen molar-refractivity contribution < 1.29 is 0 Å². The topological polar surface area (TPSA) is 12.0 Å². The van der Waals surface area contributed by atoms with Crippen molar-refractivity contribution in [2.45, 2.75) is 39.0 Å². The Morgan fingerprint density at radius 3 is 2.57 bits per heavy atom. The predicted molar refractivity (Wildman–Crippen MR) is 59.1 cm³/mol. The van der Waals surface area contributed by atoms with Crippen molar-refractivity contribution in [3.05, 3.63) is 0 Å². The highest BCUT2D eigenvalue weighted by Gasteiger charge is 2.44. The second-order valence-corrected chi connectivity index (χ2v) is 5.97. The number of fused-ring (bicyclic) bond motifs is 2. The molecule has 5 unspecified atom stereocenters. The second-order valence-electron chi connectivity index (χ2n) is 5.97. The summed E-state index contributed by atoms with van der Waals surface area (Å²) >= 11 is 0. The van der Waals surface area contributed by atoms with Gasteiger partial charge in [0.1, 0.15) is 0 Å². The third kappa shape index (κ3) is 1.41. The molecule has 1 nitrogen and oxygen atoms in total. The predicted octanol–water partition coefficient (Wildman–Crippen LogP) is 2.67. The van der Waals surface area contributed by atoms with Crippen molar-refractivity contribution in [2.24, 2.45) is 29.6 Å². The van der Waals surface area contributed by atoms with Crippen LogP contribution in [-0.4, -0.2) is 13.1 Å². The smallest absolute Gasteiger partial charge is 0.00152 e. The first-order valence-electron chi connectivity index (χ1n) is 6.55. The Kier molecular flexibility index (Phi) is 2.31. The number of rotatable bonds is 1. The molecule has 1 saturated heterocycles. The first-order chi connectivity index (χ1) is 6.84. The summed E-state index contributed by atoms with van der Waals surface area (Å²) in [7, 11) is 0. The van der Waals surface area contributed by atoms with Gasteiger partial charge in [-0.15, -0.1) is 0 Å². The summed E-state index contributed by atoms with van der Waals surface area (Å²) in [5.41, 5.74) is 0. The molecule has 2 aliphatic carbocycles. The molecule has 80 valence electrons. The van der Waals surface area contributed by atoms with Gasteiger partial charge in [0.05, 0.1) is 0 Å². The monoisotopic (exact) mass is 193 g/mol. The van der Waals surface area contributed by atoms with E-state index in [9.17, 15) is 0 Å². The highest BCUT2D eigenvalue weighted by molar-refractivity contribution is 4.95. The molecule has 0 spiro atoms. The molecule has 0 aromatic heterocycles. The van der Waals surface area contributed by atoms with E-state index in [1.807, 2.05) is 0 Å². The maximum atomic E-state index is 3.60. The third-order valence-corrected chi connectivity index (χ3v) is 5.23. The van der Waals surface area contributed by atoms with Gasteiger partial charge in [-0.2, -0.15) is 0 Å². The van der Waals surface area contributed by atoms with E-state index in [4.69, 9.17) is 0 Å². The van der Waals surface area contributed by atoms with E-state index < -0.39 is 0 Å². The molecular weight excluding hydrogens is 170 g/mol. The van der Waals surface area contributed by atoms with Gasteiger partial charge in [0, 0.05) is 0 Å². The number of hydrogen-bond donors (Lipinski definition) is 1. The molecule has 1 aliphatic heterocycles. The average molecular weight is 193 g/mol. The van der Waals surface area contributed by atoms with E-state index in [0.29, 0.717) is 0 Å². The van der Waals surface area contributed by atoms with Crippen LogP contribution in [0.4, 0.5) is 0 Å². The van der Waals surface area contributed by atoms with Gasteiger partial charge in [0.2, 0.25) is 0 Å². The Hall–Kier alpha value is -0.0400. The van der Waals surface area contributed by atoms with Gasteiger partial charge in [0.25, 0.3) is 0 Å². The molecule has 3 aliphatic rings. The Labute approximate surface area is 87.7 Å². The van der Waals surface area contributed by atoms with E-state index >= 15 is 0 Å². The minimum absolute atomic E-state index is 0.987. The van der Waals surface area contributed by atoms with Crippen molar-refractivity contribution in [2.75, 3.05) is 13.1 Å². The molecule has 14 heavy (non-hydrogen) atoms. The molecule has 2 saturated carbocycles. The fraction of sp³-hybridized carbons (Fsp3) is 1.00. The molecule has 1 heterocycles. The van der Waals surface area contributed by atoms with Crippen LogP contribution in [0.15, 0.2) is 0 Å². The standard InChI is InChI=1S/C13H23N/c1-9-4-5-14-8-13(9)12-7-10-2-3-11(12)6-10/h9-14H,2-8H2,1H3. The summed E-state index contributed by atoms with van der Waals surface area (Å²) in [5.74, 6) is 5.34. The van der Waals surface area contributed by atoms with Gasteiger partial charge >= 0.3 is 0 Å². The highest BCUT2D eigenvalue weighted by atomic mass is 14.9. The molecular formula is C13H23N. The Morgan fingerprint density at radius 1 is 1.00 bits per heavy atom. The van der Waals surface area contributed by atoms with Crippen LogP contribution in [0, 0.1) is 29.6 Å². The molecule has 3 fully saturated rings. The summed E-state index contributed by atoms with van der Waals surface area (Å²) in [6.07, 6.45) is 7.67. The first kappa shape index (κ1) is 9.21. The maximum Gasteiger partial charge on any atom is -0.00152 e. The van der Waals surface area contributed by atoms with Gasteiger partial charge in [-0.3, -0.25) is 0 Å². The Morgan fingerprint density at radius 2 is 1.93 bits per heavy atom. The Balaban J connectivity index is 1.69. The molecule has 0 aromatic rings. The lowest BCUT2D eigenvalue weighted by Gasteiger charge is -2.38. The fourth-order valence-electron chi connectivity index (χ4n) is 4.41. The van der Waals surface area contributed by atoms with Gasteiger partial charge in [0.15, 0.2) is 0 Å². The van der Waals surface area contributed by atoms with Gasteiger partial charge in [-0.05, 0) is 68.4 Å². The molecule has 0 amide bonds. The second kappa shape index (κ2) is 3.52. The van der Waals surface area contributed by atoms with Crippen molar-refractivity contribution in [3.63, 3.8) is 0 Å². The van der Waals surface area contributed by atoms with Crippen LogP contribution >= 0.6 is 0 Å². The lowest BCUT2D eigenvalue weighted by molar-refractivity contribution is 0.139.